The lowest BCUT2D eigenvalue weighted by Crippen LogP contribution is -2.31. The van der Waals surface area contributed by atoms with E-state index in [2.05, 4.69) is 30.3 Å². The molecule has 0 spiro atoms. The van der Waals surface area contributed by atoms with Gasteiger partial charge in [0.25, 0.3) is 0 Å². The summed E-state index contributed by atoms with van der Waals surface area (Å²) in [7, 11) is 0. The molecule has 0 aliphatic heterocycles. The van der Waals surface area contributed by atoms with Crippen LogP contribution >= 0.6 is 11.3 Å². The highest BCUT2D eigenvalue weighted by atomic mass is 32.1. The Kier molecular flexibility index (Phi) is 3.03. The maximum Gasteiger partial charge on any atom is 0.0794 e. The van der Waals surface area contributed by atoms with Crippen molar-refractivity contribution in [2.75, 3.05) is 0 Å². The molecule has 1 aromatic rings. The molecule has 3 heteroatoms. The number of hydrogen-bond donors (Lipinski definition) is 0. The van der Waals surface area contributed by atoms with Gasteiger partial charge in [0.2, 0.25) is 0 Å². The lowest BCUT2D eigenvalue weighted by atomic mass is 9.64. The number of nitriles is 1. The SMILES string of the molecule is CC1(C)CCC(C#N)(Cc2cscn2)CC1. The summed E-state index contributed by atoms with van der Waals surface area (Å²) in [5, 5.41) is 11.5. The molecule has 0 unspecified atom stereocenters. The highest BCUT2D eigenvalue weighted by Crippen LogP contribution is 2.46. The largest absolute Gasteiger partial charge is 0.250 e. The van der Waals surface area contributed by atoms with Crippen LogP contribution < -0.4 is 0 Å². The Morgan fingerprint density at radius 1 is 1.38 bits per heavy atom. The standard InChI is InChI=1S/C13H18N2S/c1-12(2)3-5-13(9-14,6-4-12)7-11-8-16-10-15-11/h8,10H,3-7H2,1-2H3. The topological polar surface area (TPSA) is 36.7 Å². The van der Waals surface area contributed by atoms with Gasteiger partial charge >= 0.3 is 0 Å². The molecule has 0 atom stereocenters. The van der Waals surface area contributed by atoms with E-state index in [4.69, 9.17) is 0 Å². The molecule has 0 radical (unpaired) electrons. The predicted octanol–water partition coefficient (Wildman–Crippen LogP) is 3.80. The first-order valence-electron chi connectivity index (χ1n) is 5.84. The van der Waals surface area contributed by atoms with Crippen LogP contribution in [0.15, 0.2) is 10.9 Å². The van der Waals surface area contributed by atoms with E-state index in [-0.39, 0.29) is 5.41 Å². The zero-order chi connectivity index (χ0) is 11.6. The van der Waals surface area contributed by atoms with Gasteiger partial charge in [0.1, 0.15) is 0 Å². The van der Waals surface area contributed by atoms with Crippen LogP contribution in [0, 0.1) is 22.2 Å². The van der Waals surface area contributed by atoms with Crippen molar-refractivity contribution in [2.24, 2.45) is 10.8 Å². The summed E-state index contributed by atoms with van der Waals surface area (Å²) >= 11 is 1.62. The van der Waals surface area contributed by atoms with Crippen molar-refractivity contribution in [3.05, 3.63) is 16.6 Å². The summed E-state index contributed by atoms with van der Waals surface area (Å²) in [5.41, 5.74) is 3.21. The molecule has 1 aliphatic carbocycles. The minimum atomic E-state index is -0.149. The van der Waals surface area contributed by atoms with Crippen LogP contribution in [0.2, 0.25) is 0 Å². The molecule has 2 rings (SSSR count). The molecule has 1 heterocycles. The second kappa shape index (κ2) is 4.18. The number of rotatable bonds is 2. The Morgan fingerprint density at radius 2 is 2.06 bits per heavy atom. The predicted molar refractivity (Wildman–Crippen MR) is 66.1 cm³/mol. The second-order valence-electron chi connectivity index (χ2n) is 5.71. The zero-order valence-corrected chi connectivity index (χ0v) is 10.8. The summed E-state index contributed by atoms with van der Waals surface area (Å²) in [5.74, 6) is 0. The number of nitrogens with zero attached hydrogens (tertiary/aromatic N) is 2. The normalized spacial score (nSPS) is 22.6. The van der Waals surface area contributed by atoms with E-state index in [9.17, 15) is 5.26 Å². The summed E-state index contributed by atoms with van der Waals surface area (Å²) in [6.45, 7) is 4.61. The fourth-order valence-corrected chi connectivity index (χ4v) is 2.96. The highest BCUT2D eigenvalue weighted by molar-refractivity contribution is 7.07. The molecule has 1 fully saturated rings. The van der Waals surface area contributed by atoms with Gasteiger partial charge in [-0.1, -0.05) is 13.8 Å². The van der Waals surface area contributed by atoms with E-state index in [1.54, 1.807) is 11.3 Å². The van der Waals surface area contributed by atoms with Crippen LogP contribution in [0.4, 0.5) is 0 Å². The third-order valence-electron chi connectivity index (χ3n) is 3.80. The zero-order valence-electron chi connectivity index (χ0n) is 9.99. The molecule has 0 amide bonds. The smallest absolute Gasteiger partial charge is 0.0794 e. The molecule has 1 aliphatic rings. The van der Waals surface area contributed by atoms with Gasteiger partial charge in [-0.3, -0.25) is 0 Å². The molecule has 1 aromatic heterocycles. The molecule has 0 aromatic carbocycles. The third kappa shape index (κ3) is 2.44. The monoisotopic (exact) mass is 234 g/mol. The van der Waals surface area contributed by atoms with Crippen LogP contribution in [-0.2, 0) is 6.42 Å². The third-order valence-corrected chi connectivity index (χ3v) is 4.44. The van der Waals surface area contributed by atoms with E-state index < -0.39 is 0 Å². The van der Waals surface area contributed by atoms with Crippen LogP contribution in [0.25, 0.3) is 0 Å². The van der Waals surface area contributed by atoms with E-state index in [0.29, 0.717) is 5.41 Å². The Balaban J connectivity index is 2.08. The minimum absolute atomic E-state index is 0.149. The van der Waals surface area contributed by atoms with E-state index in [1.165, 1.54) is 0 Å². The van der Waals surface area contributed by atoms with Crippen LogP contribution in [0.3, 0.4) is 0 Å². The molecule has 0 bridgehead atoms. The summed E-state index contributed by atoms with van der Waals surface area (Å²) < 4.78 is 0. The Bertz CT molecular complexity index is 377. The molecule has 0 saturated heterocycles. The molecule has 0 N–H and O–H groups in total. The first kappa shape index (κ1) is 11.6. The second-order valence-corrected chi connectivity index (χ2v) is 6.43. The first-order valence-corrected chi connectivity index (χ1v) is 6.78. The Hall–Kier alpha value is -0.880. The molecule has 86 valence electrons. The number of aromatic nitrogens is 1. The van der Waals surface area contributed by atoms with Crippen molar-refractivity contribution in [1.82, 2.24) is 4.98 Å². The summed E-state index contributed by atoms with van der Waals surface area (Å²) in [6, 6.07) is 2.56. The van der Waals surface area contributed by atoms with Crippen molar-refractivity contribution in [3.8, 4) is 6.07 Å². The first-order chi connectivity index (χ1) is 7.55. The highest BCUT2D eigenvalue weighted by Gasteiger charge is 2.38. The van der Waals surface area contributed by atoms with Gasteiger partial charge in [-0.15, -0.1) is 11.3 Å². The maximum absolute atomic E-state index is 9.44. The number of hydrogen-bond acceptors (Lipinski definition) is 3. The molecule has 1 saturated carbocycles. The molecular weight excluding hydrogens is 216 g/mol. The van der Waals surface area contributed by atoms with Gasteiger partial charge in [0, 0.05) is 11.8 Å². The lowest BCUT2D eigenvalue weighted by molar-refractivity contribution is 0.145. The van der Waals surface area contributed by atoms with Gasteiger partial charge in [0.05, 0.1) is 22.7 Å². The average Bonchev–Trinajstić information content (AvgIpc) is 2.74. The van der Waals surface area contributed by atoms with Crippen molar-refractivity contribution in [3.63, 3.8) is 0 Å². The van der Waals surface area contributed by atoms with Crippen LogP contribution in [0.5, 0.6) is 0 Å². The molecular formula is C13H18N2S. The van der Waals surface area contributed by atoms with Gasteiger partial charge in [-0.2, -0.15) is 5.26 Å². The maximum atomic E-state index is 9.44. The van der Waals surface area contributed by atoms with Gasteiger partial charge in [-0.25, -0.2) is 4.98 Å². The summed E-state index contributed by atoms with van der Waals surface area (Å²) in [6.07, 6.45) is 5.19. The minimum Gasteiger partial charge on any atom is -0.250 e. The van der Waals surface area contributed by atoms with Gasteiger partial charge in [-0.05, 0) is 31.1 Å². The fourth-order valence-electron chi connectivity index (χ4n) is 2.40. The van der Waals surface area contributed by atoms with E-state index in [0.717, 1.165) is 37.8 Å². The fraction of sp³-hybridized carbons (Fsp3) is 0.692. The quantitative estimate of drug-likeness (QED) is 0.780. The van der Waals surface area contributed by atoms with Crippen molar-refractivity contribution in [1.29, 1.82) is 5.26 Å². The van der Waals surface area contributed by atoms with Crippen molar-refractivity contribution >= 4 is 11.3 Å². The Morgan fingerprint density at radius 3 is 2.56 bits per heavy atom. The summed E-state index contributed by atoms with van der Waals surface area (Å²) in [4.78, 5) is 4.31. The van der Waals surface area contributed by atoms with Crippen LogP contribution in [0.1, 0.15) is 45.2 Å². The number of thiazole rings is 1. The molecule has 16 heavy (non-hydrogen) atoms. The molecule has 2 nitrogen and oxygen atoms in total. The lowest BCUT2D eigenvalue weighted by Gasteiger charge is -2.39. The van der Waals surface area contributed by atoms with E-state index in [1.807, 2.05) is 5.51 Å². The van der Waals surface area contributed by atoms with E-state index >= 15 is 0 Å². The van der Waals surface area contributed by atoms with Gasteiger partial charge in [0.15, 0.2) is 0 Å². The van der Waals surface area contributed by atoms with Crippen LogP contribution in [-0.4, -0.2) is 4.98 Å². The van der Waals surface area contributed by atoms with Gasteiger partial charge < -0.3 is 0 Å². The average molecular weight is 234 g/mol. The van der Waals surface area contributed by atoms with Crippen molar-refractivity contribution < 1.29 is 0 Å². The van der Waals surface area contributed by atoms with Crippen molar-refractivity contribution in [2.45, 2.75) is 46.0 Å². The Labute approximate surface area is 101 Å².